The monoisotopic (exact) mass is 338 g/mol. The van der Waals surface area contributed by atoms with Crippen LogP contribution < -0.4 is 16.0 Å². The lowest BCUT2D eigenvalue weighted by Gasteiger charge is -2.20. The Bertz CT molecular complexity index is 619. The molecule has 1 unspecified atom stereocenters. The van der Waals surface area contributed by atoms with Crippen LogP contribution in [0.25, 0.3) is 0 Å². The minimum atomic E-state index is -0.459. The Balaban J connectivity index is 2.55. The third-order valence-electron chi connectivity index (χ3n) is 3.15. The second-order valence-electron chi connectivity index (χ2n) is 4.49. The first kappa shape index (κ1) is 15.0. The molecule has 0 bridgehead atoms. The molecule has 0 aliphatic heterocycles. The van der Waals surface area contributed by atoms with E-state index in [1.165, 1.54) is 7.11 Å². The molecule has 0 aliphatic rings. The van der Waals surface area contributed by atoms with Gasteiger partial charge in [0.1, 0.15) is 0 Å². The molecule has 2 aromatic rings. The lowest BCUT2D eigenvalue weighted by molar-refractivity contribution is 0.381. The number of rotatable bonds is 4. The summed E-state index contributed by atoms with van der Waals surface area (Å²) >= 11 is 3.48. The van der Waals surface area contributed by atoms with Crippen molar-refractivity contribution < 1.29 is 9.13 Å². The predicted octanol–water partition coefficient (Wildman–Crippen LogP) is 3.46. The summed E-state index contributed by atoms with van der Waals surface area (Å²) < 4.78 is 20.3. The van der Waals surface area contributed by atoms with Gasteiger partial charge in [0.15, 0.2) is 11.6 Å². The molecular weight excluding hydrogens is 323 g/mol. The van der Waals surface area contributed by atoms with Gasteiger partial charge in [-0.2, -0.15) is 0 Å². The molecule has 3 N–H and O–H groups in total. The third kappa shape index (κ3) is 2.85. The molecule has 0 amide bonds. The summed E-state index contributed by atoms with van der Waals surface area (Å²) in [5.41, 5.74) is 5.06. The number of ether oxygens (including phenoxy) is 1. The summed E-state index contributed by atoms with van der Waals surface area (Å²) in [5, 5.41) is 0. The quantitative estimate of drug-likeness (QED) is 0.663. The highest BCUT2D eigenvalue weighted by molar-refractivity contribution is 9.10. The summed E-state index contributed by atoms with van der Waals surface area (Å²) in [4.78, 5) is 0. The van der Waals surface area contributed by atoms with Crippen molar-refractivity contribution in [3.8, 4) is 5.75 Å². The van der Waals surface area contributed by atoms with Crippen LogP contribution in [0.1, 0.15) is 22.7 Å². The molecule has 0 aromatic heterocycles. The van der Waals surface area contributed by atoms with Gasteiger partial charge in [-0.25, -0.2) is 9.82 Å². The zero-order chi connectivity index (χ0) is 14.7. The molecule has 3 nitrogen and oxygen atoms in total. The van der Waals surface area contributed by atoms with Crippen molar-refractivity contribution in [2.45, 2.75) is 13.0 Å². The van der Waals surface area contributed by atoms with E-state index in [0.717, 1.165) is 15.6 Å². The fourth-order valence-corrected chi connectivity index (χ4v) is 2.62. The largest absolute Gasteiger partial charge is 0.494 e. The molecule has 0 heterocycles. The highest BCUT2D eigenvalue weighted by Crippen LogP contribution is 2.32. The first-order valence-electron chi connectivity index (χ1n) is 6.13. The van der Waals surface area contributed by atoms with Crippen LogP contribution in [-0.2, 0) is 0 Å². The molecule has 2 rings (SSSR count). The molecule has 1 atom stereocenters. The van der Waals surface area contributed by atoms with E-state index in [2.05, 4.69) is 21.4 Å². The summed E-state index contributed by atoms with van der Waals surface area (Å²) in [5.74, 6) is 5.43. The zero-order valence-corrected chi connectivity index (χ0v) is 12.9. The summed E-state index contributed by atoms with van der Waals surface area (Å²) in [7, 11) is 1.44. The van der Waals surface area contributed by atoms with E-state index in [0.29, 0.717) is 5.56 Å². The van der Waals surface area contributed by atoms with Crippen molar-refractivity contribution in [3.05, 3.63) is 63.4 Å². The molecule has 106 valence electrons. The Hall–Kier alpha value is -1.43. The zero-order valence-electron chi connectivity index (χ0n) is 11.3. The van der Waals surface area contributed by atoms with E-state index in [1.54, 1.807) is 18.2 Å². The number of benzene rings is 2. The van der Waals surface area contributed by atoms with Crippen molar-refractivity contribution in [3.63, 3.8) is 0 Å². The maximum absolute atomic E-state index is 14.4. The van der Waals surface area contributed by atoms with Gasteiger partial charge in [0, 0.05) is 10.0 Å². The Kier molecular flexibility index (Phi) is 4.75. The Labute approximate surface area is 126 Å². The van der Waals surface area contributed by atoms with Crippen LogP contribution >= 0.6 is 15.9 Å². The van der Waals surface area contributed by atoms with E-state index >= 15 is 0 Å². The smallest absolute Gasteiger partial charge is 0.170 e. The van der Waals surface area contributed by atoms with Crippen LogP contribution in [0.4, 0.5) is 4.39 Å². The van der Waals surface area contributed by atoms with Crippen molar-refractivity contribution in [1.29, 1.82) is 0 Å². The Morgan fingerprint density at radius 3 is 2.65 bits per heavy atom. The minimum absolute atomic E-state index is 0.200. The highest BCUT2D eigenvalue weighted by Gasteiger charge is 2.21. The van der Waals surface area contributed by atoms with E-state index in [-0.39, 0.29) is 5.75 Å². The maximum atomic E-state index is 14.4. The van der Waals surface area contributed by atoms with Gasteiger partial charge in [-0.05, 0) is 24.6 Å². The van der Waals surface area contributed by atoms with Gasteiger partial charge in [-0.15, -0.1) is 0 Å². The number of aryl methyl sites for hydroxylation is 1. The lowest BCUT2D eigenvalue weighted by atomic mass is 9.97. The number of hydrogen-bond acceptors (Lipinski definition) is 3. The first-order chi connectivity index (χ1) is 9.58. The van der Waals surface area contributed by atoms with Gasteiger partial charge in [0.2, 0.25) is 0 Å². The van der Waals surface area contributed by atoms with Gasteiger partial charge in [0.05, 0.1) is 13.2 Å². The molecule has 2 aromatic carbocycles. The molecule has 0 fully saturated rings. The van der Waals surface area contributed by atoms with Crippen molar-refractivity contribution >= 4 is 15.9 Å². The summed E-state index contributed by atoms with van der Waals surface area (Å²) in [6.45, 7) is 1.98. The van der Waals surface area contributed by atoms with E-state index < -0.39 is 11.9 Å². The predicted molar refractivity (Wildman–Crippen MR) is 81.0 cm³/mol. The van der Waals surface area contributed by atoms with Crippen LogP contribution in [0.5, 0.6) is 5.75 Å². The number of methoxy groups -OCH3 is 1. The number of halogens is 2. The molecule has 0 spiro atoms. The topological polar surface area (TPSA) is 47.3 Å². The van der Waals surface area contributed by atoms with Gasteiger partial charge in [0.25, 0.3) is 0 Å². The standard InChI is InChI=1S/C15H16BrFN2O/c1-9-6-7-12(16)11(8-9)15(19-18)10-4-3-5-13(20-2)14(10)17/h3-8,15,19H,18H2,1-2H3. The van der Waals surface area contributed by atoms with E-state index in [9.17, 15) is 4.39 Å². The SMILES string of the molecule is COc1cccc(C(NN)c2cc(C)ccc2Br)c1F. The van der Waals surface area contributed by atoms with E-state index in [4.69, 9.17) is 10.6 Å². The van der Waals surface area contributed by atoms with Crippen LogP contribution in [-0.4, -0.2) is 7.11 Å². The number of hydrogen-bond donors (Lipinski definition) is 2. The van der Waals surface area contributed by atoms with Gasteiger partial charge in [-0.1, -0.05) is 45.8 Å². The molecular formula is C15H16BrFN2O. The average molecular weight is 339 g/mol. The van der Waals surface area contributed by atoms with Gasteiger partial charge in [-0.3, -0.25) is 5.84 Å². The maximum Gasteiger partial charge on any atom is 0.170 e. The molecule has 0 saturated heterocycles. The number of nitrogens with one attached hydrogen (secondary N) is 1. The van der Waals surface area contributed by atoms with Crippen molar-refractivity contribution in [1.82, 2.24) is 5.43 Å². The van der Waals surface area contributed by atoms with Crippen molar-refractivity contribution in [2.24, 2.45) is 5.84 Å². The molecule has 5 heteroatoms. The number of hydrazine groups is 1. The Morgan fingerprint density at radius 2 is 2.00 bits per heavy atom. The third-order valence-corrected chi connectivity index (χ3v) is 3.88. The summed E-state index contributed by atoms with van der Waals surface area (Å²) in [6, 6.07) is 10.4. The second-order valence-corrected chi connectivity index (χ2v) is 5.34. The van der Waals surface area contributed by atoms with E-state index in [1.807, 2.05) is 25.1 Å². The Morgan fingerprint density at radius 1 is 1.25 bits per heavy atom. The normalized spacial score (nSPS) is 12.2. The minimum Gasteiger partial charge on any atom is -0.494 e. The fourth-order valence-electron chi connectivity index (χ4n) is 2.14. The van der Waals surface area contributed by atoms with Gasteiger partial charge < -0.3 is 4.74 Å². The van der Waals surface area contributed by atoms with Crippen LogP contribution in [0.2, 0.25) is 0 Å². The molecule has 0 aliphatic carbocycles. The van der Waals surface area contributed by atoms with Crippen LogP contribution in [0.3, 0.4) is 0 Å². The number of nitrogens with two attached hydrogens (primary N) is 1. The lowest BCUT2D eigenvalue weighted by Crippen LogP contribution is -2.30. The van der Waals surface area contributed by atoms with Crippen LogP contribution in [0.15, 0.2) is 40.9 Å². The van der Waals surface area contributed by atoms with Gasteiger partial charge >= 0.3 is 0 Å². The second kappa shape index (κ2) is 6.35. The summed E-state index contributed by atoms with van der Waals surface area (Å²) in [6.07, 6.45) is 0. The average Bonchev–Trinajstić information content (AvgIpc) is 2.45. The first-order valence-corrected chi connectivity index (χ1v) is 6.92. The fraction of sp³-hybridized carbons (Fsp3) is 0.200. The molecule has 0 radical (unpaired) electrons. The highest BCUT2D eigenvalue weighted by atomic mass is 79.9. The van der Waals surface area contributed by atoms with Crippen molar-refractivity contribution in [2.75, 3.05) is 7.11 Å². The van der Waals surface area contributed by atoms with Crippen LogP contribution in [0, 0.1) is 12.7 Å². The molecule has 20 heavy (non-hydrogen) atoms. The molecule has 0 saturated carbocycles.